The topological polar surface area (TPSA) is 0 Å². The minimum atomic E-state index is 0.860. The summed E-state index contributed by atoms with van der Waals surface area (Å²) in [6.45, 7) is 6.33. The van der Waals surface area contributed by atoms with Crippen LogP contribution in [0, 0.1) is 5.92 Å². The SMILES string of the molecule is C=C1CCCC[C@H]1CC. The predicted octanol–water partition coefficient (Wildman–Crippen LogP) is 3.14. The summed E-state index contributed by atoms with van der Waals surface area (Å²) in [6, 6.07) is 0. The molecule has 0 heterocycles. The summed E-state index contributed by atoms with van der Waals surface area (Å²) in [7, 11) is 0. The average molecular weight is 124 g/mol. The molecule has 0 spiro atoms. The van der Waals surface area contributed by atoms with Crippen molar-refractivity contribution in [3.05, 3.63) is 12.2 Å². The van der Waals surface area contributed by atoms with E-state index in [1.54, 1.807) is 0 Å². The highest BCUT2D eigenvalue weighted by atomic mass is 14.2. The van der Waals surface area contributed by atoms with Crippen LogP contribution in [0.1, 0.15) is 39.0 Å². The van der Waals surface area contributed by atoms with E-state index in [1.165, 1.54) is 37.7 Å². The molecule has 0 radical (unpaired) electrons. The van der Waals surface area contributed by atoms with Crippen LogP contribution in [-0.4, -0.2) is 0 Å². The van der Waals surface area contributed by atoms with E-state index in [1.807, 2.05) is 0 Å². The van der Waals surface area contributed by atoms with E-state index < -0.39 is 0 Å². The predicted molar refractivity (Wildman–Crippen MR) is 41.4 cm³/mol. The Morgan fingerprint density at radius 3 is 2.78 bits per heavy atom. The lowest BCUT2D eigenvalue weighted by molar-refractivity contribution is 0.444. The Labute approximate surface area is 58.0 Å². The van der Waals surface area contributed by atoms with Gasteiger partial charge < -0.3 is 0 Å². The molecule has 0 N–H and O–H groups in total. The van der Waals surface area contributed by atoms with Gasteiger partial charge in [0, 0.05) is 0 Å². The third kappa shape index (κ3) is 1.57. The summed E-state index contributed by atoms with van der Waals surface area (Å²) in [5.74, 6) is 0.860. The Morgan fingerprint density at radius 1 is 1.56 bits per heavy atom. The minimum absolute atomic E-state index is 0.860. The van der Waals surface area contributed by atoms with E-state index in [2.05, 4.69) is 13.5 Å². The van der Waals surface area contributed by atoms with Crippen LogP contribution in [0.2, 0.25) is 0 Å². The molecule has 1 rings (SSSR count). The van der Waals surface area contributed by atoms with Gasteiger partial charge in [0.2, 0.25) is 0 Å². The van der Waals surface area contributed by atoms with Crippen molar-refractivity contribution in [3.8, 4) is 0 Å². The van der Waals surface area contributed by atoms with Crippen molar-refractivity contribution in [1.29, 1.82) is 0 Å². The Bertz CT molecular complexity index is 103. The maximum Gasteiger partial charge on any atom is -0.0209 e. The van der Waals surface area contributed by atoms with Gasteiger partial charge in [0.05, 0.1) is 0 Å². The van der Waals surface area contributed by atoms with Crippen LogP contribution in [0.5, 0.6) is 0 Å². The molecule has 1 fully saturated rings. The maximum atomic E-state index is 4.07. The van der Waals surface area contributed by atoms with E-state index in [4.69, 9.17) is 0 Å². The molecule has 0 amide bonds. The molecule has 0 nitrogen and oxygen atoms in total. The molecule has 1 aliphatic rings. The lowest BCUT2D eigenvalue weighted by Crippen LogP contribution is -2.07. The second-order valence-electron chi connectivity index (χ2n) is 3.01. The zero-order valence-corrected chi connectivity index (χ0v) is 6.32. The van der Waals surface area contributed by atoms with Crippen LogP contribution in [0.3, 0.4) is 0 Å². The largest absolute Gasteiger partial charge is 0.0996 e. The van der Waals surface area contributed by atoms with E-state index in [9.17, 15) is 0 Å². The van der Waals surface area contributed by atoms with Crippen LogP contribution < -0.4 is 0 Å². The van der Waals surface area contributed by atoms with Gasteiger partial charge in [0.15, 0.2) is 0 Å². The third-order valence-electron chi connectivity index (χ3n) is 2.37. The van der Waals surface area contributed by atoms with Crippen LogP contribution in [0.4, 0.5) is 0 Å². The van der Waals surface area contributed by atoms with Gasteiger partial charge in [-0.1, -0.05) is 25.5 Å². The Morgan fingerprint density at radius 2 is 2.33 bits per heavy atom. The quantitative estimate of drug-likeness (QED) is 0.471. The lowest BCUT2D eigenvalue weighted by atomic mass is 9.84. The normalized spacial score (nSPS) is 28.6. The summed E-state index contributed by atoms with van der Waals surface area (Å²) < 4.78 is 0. The van der Waals surface area contributed by atoms with E-state index in [-0.39, 0.29) is 0 Å². The van der Waals surface area contributed by atoms with Gasteiger partial charge in [0.1, 0.15) is 0 Å². The van der Waals surface area contributed by atoms with Crippen molar-refractivity contribution in [2.45, 2.75) is 39.0 Å². The second-order valence-corrected chi connectivity index (χ2v) is 3.01. The van der Waals surface area contributed by atoms with Gasteiger partial charge in [-0.3, -0.25) is 0 Å². The molecular formula is C9H16. The zero-order valence-electron chi connectivity index (χ0n) is 6.32. The monoisotopic (exact) mass is 124 g/mol. The number of hydrogen-bond donors (Lipinski definition) is 0. The van der Waals surface area contributed by atoms with E-state index in [0.717, 1.165) is 5.92 Å². The molecule has 0 unspecified atom stereocenters. The standard InChI is InChI=1S/C9H16/c1-3-9-7-5-4-6-8(9)2/h9H,2-7H2,1H3/t9-/m1/s1. The molecular weight excluding hydrogens is 108 g/mol. The average Bonchev–Trinajstić information content (AvgIpc) is 1.89. The first kappa shape index (κ1) is 6.85. The molecule has 1 saturated carbocycles. The summed E-state index contributed by atoms with van der Waals surface area (Å²) in [5, 5.41) is 0. The fourth-order valence-electron chi connectivity index (χ4n) is 1.64. The highest BCUT2D eigenvalue weighted by molar-refractivity contribution is 5.02. The molecule has 0 heteroatoms. The van der Waals surface area contributed by atoms with Crippen LogP contribution >= 0.6 is 0 Å². The van der Waals surface area contributed by atoms with Gasteiger partial charge in [-0.2, -0.15) is 0 Å². The van der Waals surface area contributed by atoms with E-state index >= 15 is 0 Å². The number of rotatable bonds is 1. The van der Waals surface area contributed by atoms with Crippen LogP contribution in [0.25, 0.3) is 0 Å². The molecule has 0 saturated heterocycles. The Hall–Kier alpha value is -0.260. The minimum Gasteiger partial charge on any atom is -0.0996 e. The highest BCUT2D eigenvalue weighted by Crippen LogP contribution is 2.29. The van der Waals surface area contributed by atoms with Crippen LogP contribution in [0.15, 0.2) is 12.2 Å². The summed E-state index contributed by atoms with van der Waals surface area (Å²) >= 11 is 0. The van der Waals surface area contributed by atoms with Gasteiger partial charge in [-0.15, -0.1) is 0 Å². The van der Waals surface area contributed by atoms with Crippen molar-refractivity contribution < 1.29 is 0 Å². The maximum absolute atomic E-state index is 4.07. The number of hydrogen-bond acceptors (Lipinski definition) is 0. The third-order valence-corrected chi connectivity index (χ3v) is 2.37. The van der Waals surface area contributed by atoms with Crippen molar-refractivity contribution in [2.24, 2.45) is 5.92 Å². The molecule has 0 aliphatic heterocycles. The van der Waals surface area contributed by atoms with Crippen molar-refractivity contribution in [3.63, 3.8) is 0 Å². The fraction of sp³-hybridized carbons (Fsp3) is 0.778. The first-order valence-corrected chi connectivity index (χ1v) is 4.02. The van der Waals surface area contributed by atoms with Crippen molar-refractivity contribution in [2.75, 3.05) is 0 Å². The number of allylic oxidation sites excluding steroid dienone is 1. The second kappa shape index (κ2) is 3.05. The molecule has 0 aromatic heterocycles. The van der Waals surface area contributed by atoms with Crippen molar-refractivity contribution >= 4 is 0 Å². The summed E-state index contributed by atoms with van der Waals surface area (Å²) in [6.07, 6.45) is 6.81. The highest BCUT2D eigenvalue weighted by Gasteiger charge is 2.13. The van der Waals surface area contributed by atoms with Crippen LogP contribution in [-0.2, 0) is 0 Å². The summed E-state index contributed by atoms with van der Waals surface area (Å²) in [4.78, 5) is 0. The van der Waals surface area contributed by atoms with Crippen molar-refractivity contribution in [1.82, 2.24) is 0 Å². The molecule has 1 atom stereocenters. The summed E-state index contributed by atoms with van der Waals surface area (Å²) in [5.41, 5.74) is 1.50. The first-order valence-electron chi connectivity index (χ1n) is 4.02. The Kier molecular flexibility index (Phi) is 2.32. The van der Waals surface area contributed by atoms with Gasteiger partial charge in [0.25, 0.3) is 0 Å². The van der Waals surface area contributed by atoms with E-state index in [0.29, 0.717) is 0 Å². The Balaban J connectivity index is 2.39. The smallest absolute Gasteiger partial charge is 0.0209 e. The van der Waals surface area contributed by atoms with Gasteiger partial charge in [-0.25, -0.2) is 0 Å². The molecule has 0 aromatic carbocycles. The first-order chi connectivity index (χ1) is 4.34. The molecule has 0 bridgehead atoms. The lowest BCUT2D eigenvalue weighted by Gasteiger charge is -2.22. The molecule has 0 aromatic rings. The molecule has 9 heavy (non-hydrogen) atoms. The van der Waals surface area contributed by atoms with Gasteiger partial charge in [-0.05, 0) is 31.6 Å². The zero-order chi connectivity index (χ0) is 6.69. The van der Waals surface area contributed by atoms with Gasteiger partial charge >= 0.3 is 0 Å². The fourth-order valence-corrected chi connectivity index (χ4v) is 1.64. The molecule has 1 aliphatic carbocycles. The molecule has 52 valence electrons.